The third-order valence-electron chi connectivity index (χ3n) is 3.30. The van der Waals surface area contributed by atoms with Crippen molar-refractivity contribution in [3.63, 3.8) is 0 Å². The monoisotopic (exact) mass is 340 g/mol. The highest BCUT2D eigenvalue weighted by Crippen LogP contribution is 2.22. The van der Waals surface area contributed by atoms with E-state index in [9.17, 15) is 4.79 Å². The van der Waals surface area contributed by atoms with Gasteiger partial charge in [0, 0.05) is 16.1 Å². The van der Waals surface area contributed by atoms with Crippen molar-refractivity contribution in [3.05, 3.63) is 28.2 Å². The highest BCUT2D eigenvalue weighted by Gasteiger charge is 2.18. The number of benzene rings is 1. The van der Waals surface area contributed by atoms with Crippen LogP contribution in [-0.4, -0.2) is 23.1 Å². The van der Waals surface area contributed by atoms with Crippen molar-refractivity contribution in [3.8, 4) is 0 Å². The Kier molecular flexibility index (Phi) is 4.84. The SMILES string of the molecule is N/C(=N/O)c1ccc(Br)cc1NC(=O)NC1CCCC1. The van der Waals surface area contributed by atoms with E-state index in [4.69, 9.17) is 10.9 Å². The maximum absolute atomic E-state index is 12.0. The number of halogens is 1. The number of carbonyl (C=O) groups is 1. The molecule has 0 heterocycles. The number of anilines is 1. The lowest BCUT2D eigenvalue weighted by molar-refractivity contribution is 0.248. The third-order valence-corrected chi connectivity index (χ3v) is 3.80. The fourth-order valence-electron chi connectivity index (χ4n) is 2.31. The minimum Gasteiger partial charge on any atom is -0.409 e. The van der Waals surface area contributed by atoms with Crippen LogP contribution < -0.4 is 16.4 Å². The van der Waals surface area contributed by atoms with E-state index < -0.39 is 0 Å². The van der Waals surface area contributed by atoms with Gasteiger partial charge in [-0.1, -0.05) is 33.9 Å². The Hall–Kier alpha value is -1.76. The largest absolute Gasteiger partial charge is 0.409 e. The van der Waals surface area contributed by atoms with Crippen LogP contribution in [0.4, 0.5) is 10.5 Å². The van der Waals surface area contributed by atoms with E-state index in [1.807, 2.05) is 0 Å². The quantitative estimate of drug-likeness (QED) is 0.294. The van der Waals surface area contributed by atoms with E-state index in [1.165, 1.54) is 0 Å². The minimum atomic E-state index is -0.276. The molecule has 1 aliphatic carbocycles. The van der Waals surface area contributed by atoms with Crippen molar-refractivity contribution in [1.29, 1.82) is 0 Å². The first-order valence-electron chi connectivity index (χ1n) is 6.45. The maximum Gasteiger partial charge on any atom is 0.319 e. The summed E-state index contributed by atoms with van der Waals surface area (Å²) in [4.78, 5) is 12.0. The Morgan fingerprint density at radius 1 is 1.40 bits per heavy atom. The van der Waals surface area contributed by atoms with Crippen molar-refractivity contribution in [2.24, 2.45) is 10.9 Å². The molecule has 0 aromatic heterocycles. The fraction of sp³-hybridized carbons (Fsp3) is 0.385. The van der Waals surface area contributed by atoms with Gasteiger partial charge in [0.2, 0.25) is 0 Å². The number of oxime groups is 1. The van der Waals surface area contributed by atoms with E-state index in [0.29, 0.717) is 11.3 Å². The third kappa shape index (κ3) is 3.63. The van der Waals surface area contributed by atoms with Gasteiger partial charge in [-0.2, -0.15) is 0 Å². The molecule has 1 aromatic carbocycles. The van der Waals surface area contributed by atoms with Gasteiger partial charge in [-0.15, -0.1) is 0 Å². The van der Waals surface area contributed by atoms with Gasteiger partial charge in [-0.25, -0.2) is 4.79 Å². The molecule has 0 saturated heterocycles. The highest BCUT2D eigenvalue weighted by molar-refractivity contribution is 9.10. The average molecular weight is 341 g/mol. The summed E-state index contributed by atoms with van der Waals surface area (Å²) in [7, 11) is 0. The van der Waals surface area contributed by atoms with Crippen LogP contribution in [0.5, 0.6) is 0 Å². The standard InChI is InChI=1S/C13H17BrN4O2/c14-8-5-6-10(12(15)18-20)11(7-8)17-13(19)16-9-3-1-2-4-9/h5-7,9,20H,1-4H2,(H2,15,18)(H2,16,17,19). The second kappa shape index (κ2) is 6.60. The summed E-state index contributed by atoms with van der Waals surface area (Å²) < 4.78 is 0.795. The van der Waals surface area contributed by atoms with Gasteiger partial charge < -0.3 is 21.6 Å². The van der Waals surface area contributed by atoms with Gasteiger partial charge in [0.1, 0.15) is 0 Å². The molecular formula is C13H17BrN4O2. The van der Waals surface area contributed by atoms with Crippen molar-refractivity contribution in [1.82, 2.24) is 5.32 Å². The summed E-state index contributed by atoms with van der Waals surface area (Å²) in [5.41, 5.74) is 6.56. The molecule has 5 N–H and O–H groups in total. The number of hydrogen-bond acceptors (Lipinski definition) is 3. The van der Waals surface area contributed by atoms with Crippen LogP contribution in [0.3, 0.4) is 0 Å². The van der Waals surface area contributed by atoms with Crippen LogP contribution in [0.15, 0.2) is 27.8 Å². The summed E-state index contributed by atoms with van der Waals surface area (Å²) >= 11 is 3.33. The van der Waals surface area contributed by atoms with E-state index in [2.05, 4.69) is 31.7 Å². The van der Waals surface area contributed by atoms with Crippen molar-refractivity contribution >= 4 is 33.5 Å². The number of nitrogens with one attached hydrogen (secondary N) is 2. The number of carbonyl (C=O) groups excluding carboxylic acids is 1. The van der Waals surface area contributed by atoms with Crippen LogP contribution >= 0.6 is 15.9 Å². The predicted molar refractivity (Wildman–Crippen MR) is 81.1 cm³/mol. The van der Waals surface area contributed by atoms with Gasteiger partial charge in [-0.05, 0) is 31.0 Å². The van der Waals surface area contributed by atoms with E-state index in [-0.39, 0.29) is 17.9 Å². The lowest BCUT2D eigenvalue weighted by Gasteiger charge is -2.15. The molecule has 0 radical (unpaired) electrons. The Morgan fingerprint density at radius 2 is 2.10 bits per heavy atom. The number of amidine groups is 1. The second-order valence-corrected chi connectivity index (χ2v) is 5.67. The molecule has 2 amide bonds. The summed E-state index contributed by atoms with van der Waals surface area (Å²) in [6.45, 7) is 0. The molecule has 0 unspecified atom stereocenters. The Morgan fingerprint density at radius 3 is 2.75 bits per heavy atom. The maximum atomic E-state index is 12.0. The first-order chi connectivity index (χ1) is 9.60. The molecule has 0 spiro atoms. The number of nitrogens with two attached hydrogens (primary N) is 1. The Labute approximate surface area is 125 Å². The molecule has 1 fully saturated rings. The summed E-state index contributed by atoms with van der Waals surface area (Å²) in [6.07, 6.45) is 4.33. The summed E-state index contributed by atoms with van der Waals surface area (Å²) in [5.74, 6) is -0.0475. The number of amides is 2. The zero-order valence-corrected chi connectivity index (χ0v) is 12.5. The molecule has 20 heavy (non-hydrogen) atoms. The first-order valence-corrected chi connectivity index (χ1v) is 7.24. The molecule has 1 saturated carbocycles. The number of rotatable bonds is 3. The van der Waals surface area contributed by atoms with Crippen LogP contribution in [0.2, 0.25) is 0 Å². The zero-order valence-electron chi connectivity index (χ0n) is 10.9. The normalized spacial score (nSPS) is 16.1. The lowest BCUT2D eigenvalue weighted by atomic mass is 10.1. The molecule has 6 nitrogen and oxygen atoms in total. The molecule has 7 heteroatoms. The van der Waals surface area contributed by atoms with Crippen LogP contribution in [-0.2, 0) is 0 Å². The zero-order chi connectivity index (χ0) is 14.5. The topological polar surface area (TPSA) is 99.7 Å². The molecular weight excluding hydrogens is 324 g/mol. The number of hydrogen-bond donors (Lipinski definition) is 4. The van der Waals surface area contributed by atoms with Gasteiger partial charge in [0.05, 0.1) is 5.69 Å². The van der Waals surface area contributed by atoms with Crippen LogP contribution in [0.1, 0.15) is 31.2 Å². The van der Waals surface area contributed by atoms with E-state index >= 15 is 0 Å². The summed E-state index contributed by atoms with van der Waals surface area (Å²) in [6, 6.07) is 5.09. The Balaban J connectivity index is 2.10. The predicted octanol–water partition coefficient (Wildman–Crippen LogP) is 2.61. The van der Waals surface area contributed by atoms with E-state index in [1.54, 1.807) is 18.2 Å². The molecule has 0 bridgehead atoms. The van der Waals surface area contributed by atoms with E-state index in [0.717, 1.165) is 30.2 Å². The fourth-order valence-corrected chi connectivity index (χ4v) is 2.67. The molecule has 108 valence electrons. The molecule has 0 atom stereocenters. The second-order valence-electron chi connectivity index (χ2n) is 4.75. The van der Waals surface area contributed by atoms with Gasteiger partial charge >= 0.3 is 6.03 Å². The molecule has 1 aliphatic rings. The van der Waals surface area contributed by atoms with Crippen molar-refractivity contribution < 1.29 is 10.0 Å². The highest BCUT2D eigenvalue weighted by atomic mass is 79.9. The molecule has 2 rings (SSSR count). The summed E-state index contributed by atoms with van der Waals surface area (Å²) in [5, 5.41) is 17.4. The minimum absolute atomic E-state index is 0.0475. The average Bonchev–Trinajstić information content (AvgIpc) is 2.90. The van der Waals surface area contributed by atoms with Crippen molar-refractivity contribution in [2.45, 2.75) is 31.7 Å². The molecule has 0 aliphatic heterocycles. The van der Waals surface area contributed by atoms with Crippen LogP contribution in [0, 0.1) is 0 Å². The van der Waals surface area contributed by atoms with Gasteiger partial charge in [0.15, 0.2) is 5.84 Å². The van der Waals surface area contributed by atoms with Gasteiger partial charge in [-0.3, -0.25) is 0 Å². The number of urea groups is 1. The number of nitrogens with zero attached hydrogens (tertiary/aromatic N) is 1. The van der Waals surface area contributed by atoms with Crippen LogP contribution in [0.25, 0.3) is 0 Å². The Bertz CT molecular complexity index is 527. The first kappa shape index (κ1) is 14.6. The lowest BCUT2D eigenvalue weighted by Crippen LogP contribution is -2.36. The smallest absolute Gasteiger partial charge is 0.319 e. The van der Waals surface area contributed by atoms with Crippen molar-refractivity contribution in [2.75, 3.05) is 5.32 Å². The molecule has 1 aromatic rings. The van der Waals surface area contributed by atoms with Gasteiger partial charge in [0.25, 0.3) is 0 Å².